The van der Waals surface area contributed by atoms with Crippen molar-refractivity contribution in [1.82, 2.24) is 9.97 Å². The van der Waals surface area contributed by atoms with E-state index < -0.39 is 11.5 Å². The lowest BCUT2D eigenvalue weighted by Gasteiger charge is -2.01. The van der Waals surface area contributed by atoms with Crippen molar-refractivity contribution in [2.45, 2.75) is 0 Å². The lowest BCUT2D eigenvalue weighted by atomic mass is 10.0. The molecular formula is C14H8N2O4. The number of benzene rings is 2. The number of aromatic amines is 2. The van der Waals surface area contributed by atoms with Gasteiger partial charge >= 0.3 is 11.5 Å². The van der Waals surface area contributed by atoms with Crippen LogP contribution in [0.2, 0.25) is 0 Å². The quantitative estimate of drug-likeness (QED) is 0.553. The molecule has 0 saturated carbocycles. The number of oxazole rings is 2. The minimum absolute atomic E-state index is 0.480. The molecule has 0 aliphatic rings. The number of H-pyrrole nitrogens is 2. The van der Waals surface area contributed by atoms with Crippen molar-refractivity contribution < 1.29 is 8.83 Å². The second-order valence-corrected chi connectivity index (χ2v) is 4.45. The Morgan fingerprint density at radius 3 is 1.60 bits per heavy atom. The van der Waals surface area contributed by atoms with Gasteiger partial charge in [-0.05, 0) is 35.4 Å². The number of rotatable bonds is 1. The van der Waals surface area contributed by atoms with Crippen molar-refractivity contribution in [3.8, 4) is 11.1 Å². The summed E-state index contributed by atoms with van der Waals surface area (Å²) in [6, 6.07) is 10.8. The topological polar surface area (TPSA) is 92.0 Å². The Labute approximate surface area is 110 Å². The normalized spacial score (nSPS) is 11.4. The van der Waals surface area contributed by atoms with Crippen LogP contribution in [0.5, 0.6) is 0 Å². The molecule has 0 aliphatic heterocycles. The Kier molecular flexibility index (Phi) is 2.03. The third kappa shape index (κ3) is 1.58. The highest BCUT2D eigenvalue weighted by molar-refractivity contribution is 5.84. The first-order valence-electron chi connectivity index (χ1n) is 5.95. The summed E-state index contributed by atoms with van der Waals surface area (Å²) in [6.07, 6.45) is 0. The molecule has 0 spiro atoms. The van der Waals surface area contributed by atoms with Crippen molar-refractivity contribution in [3.63, 3.8) is 0 Å². The molecule has 0 bridgehead atoms. The number of nitrogens with one attached hydrogen (secondary N) is 2. The van der Waals surface area contributed by atoms with Gasteiger partial charge in [-0.2, -0.15) is 0 Å². The van der Waals surface area contributed by atoms with Crippen LogP contribution < -0.4 is 11.5 Å². The molecule has 0 radical (unpaired) electrons. The Hall–Kier alpha value is -3.02. The van der Waals surface area contributed by atoms with E-state index >= 15 is 0 Å². The molecule has 2 N–H and O–H groups in total. The molecule has 98 valence electrons. The summed E-state index contributed by atoms with van der Waals surface area (Å²) in [6.45, 7) is 0. The highest BCUT2D eigenvalue weighted by Gasteiger charge is 2.06. The summed E-state index contributed by atoms with van der Waals surface area (Å²) in [4.78, 5) is 27.5. The fraction of sp³-hybridized carbons (Fsp3) is 0. The number of hydrogen-bond donors (Lipinski definition) is 2. The summed E-state index contributed by atoms with van der Waals surface area (Å²) in [5.41, 5.74) is 4.09. The van der Waals surface area contributed by atoms with Crippen LogP contribution in [-0.4, -0.2) is 9.97 Å². The van der Waals surface area contributed by atoms with E-state index in [-0.39, 0.29) is 0 Å². The van der Waals surface area contributed by atoms with Gasteiger partial charge in [0.25, 0.3) is 0 Å². The van der Waals surface area contributed by atoms with Crippen LogP contribution in [0.15, 0.2) is 54.8 Å². The monoisotopic (exact) mass is 268 g/mol. The summed E-state index contributed by atoms with van der Waals surface area (Å²) >= 11 is 0. The fourth-order valence-electron chi connectivity index (χ4n) is 2.26. The zero-order chi connectivity index (χ0) is 13.7. The molecule has 4 aromatic rings. The van der Waals surface area contributed by atoms with Gasteiger partial charge in [-0.1, -0.05) is 12.1 Å². The molecule has 2 aromatic heterocycles. The smallest absolute Gasteiger partial charge is 0.408 e. The van der Waals surface area contributed by atoms with Crippen molar-refractivity contribution in [3.05, 3.63) is 57.5 Å². The van der Waals surface area contributed by atoms with Gasteiger partial charge in [0.1, 0.15) is 0 Å². The van der Waals surface area contributed by atoms with Crippen LogP contribution in [0.1, 0.15) is 0 Å². The molecule has 0 unspecified atom stereocenters. The third-order valence-electron chi connectivity index (χ3n) is 3.17. The number of aromatic nitrogens is 2. The zero-order valence-electron chi connectivity index (χ0n) is 10.1. The molecule has 6 heteroatoms. The molecule has 2 heterocycles. The van der Waals surface area contributed by atoms with Gasteiger partial charge in [-0.25, -0.2) is 9.59 Å². The first-order chi connectivity index (χ1) is 9.69. The predicted molar refractivity (Wildman–Crippen MR) is 72.7 cm³/mol. The Bertz CT molecular complexity index is 962. The molecule has 6 nitrogen and oxygen atoms in total. The van der Waals surface area contributed by atoms with E-state index in [9.17, 15) is 9.59 Å². The second-order valence-electron chi connectivity index (χ2n) is 4.45. The van der Waals surface area contributed by atoms with Crippen LogP contribution in [0.25, 0.3) is 33.3 Å². The highest BCUT2D eigenvalue weighted by Crippen LogP contribution is 2.25. The number of fused-ring (bicyclic) bond motifs is 2. The molecule has 0 aliphatic carbocycles. The first-order valence-corrected chi connectivity index (χ1v) is 5.95. The van der Waals surface area contributed by atoms with Gasteiger partial charge in [0, 0.05) is 0 Å². The maximum atomic E-state index is 11.1. The molecule has 2 aromatic carbocycles. The van der Waals surface area contributed by atoms with Crippen LogP contribution in [0.4, 0.5) is 0 Å². The standard InChI is InChI=1S/C14H8N2O4/c17-13-15-9-5-7(1-3-11(9)19-13)8-2-4-12-10(6-8)16-14(18)20-12/h1-6H,(H,15,17)(H,16,18). The Morgan fingerprint density at radius 2 is 1.15 bits per heavy atom. The SMILES string of the molecule is O=c1[nH]c2cc(-c3ccc4oc(=O)[nH]c4c3)ccc2o1. The van der Waals surface area contributed by atoms with Crippen molar-refractivity contribution >= 4 is 22.2 Å². The van der Waals surface area contributed by atoms with E-state index in [2.05, 4.69) is 9.97 Å². The van der Waals surface area contributed by atoms with E-state index in [0.29, 0.717) is 22.2 Å². The van der Waals surface area contributed by atoms with Crippen molar-refractivity contribution in [1.29, 1.82) is 0 Å². The van der Waals surface area contributed by atoms with E-state index in [1.165, 1.54) is 0 Å². The summed E-state index contributed by atoms with van der Waals surface area (Å²) < 4.78 is 9.92. The van der Waals surface area contributed by atoms with E-state index in [0.717, 1.165) is 11.1 Å². The number of hydrogen-bond acceptors (Lipinski definition) is 4. The molecule has 0 amide bonds. The molecule has 20 heavy (non-hydrogen) atoms. The Balaban J connectivity index is 1.94. The van der Waals surface area contributed by atoms with Crippen molar-refractivity contribution in [2.24, 2.45) is 0 Å². The van der Waals surface area contributed by atoms with Crippen LogP contribution >= 0.6 is 0 Å². The summed E-state index contributed by atoms with van der Waals surface area (Å²) in [5.74, 6) is -0.960. The minimum Gasteiger partial charge on any atom is -0.408 e. The molecular weight excluding hydrogens is 260 g/mol. The molecule has 0 fully saturated rings. The minimum atomic E-state index is -0.480. The average molecular weight is 268 g/mol. The van der Waals surface area contributed by atoms with Gasteiger partial charge < -0.3 is 8.83 Å². The third-order valence-corrected chi connectivity index (χ3v) is 3.17. The lowest BCUT2D eigenvalue weighted by Crippen LogP contribution is -1.93. The average Bonchev–Trinajstić information content (AvgIpc) is 2.97. The summed E-state index contributed by atoms with van der Waals surface area (Å²) in [5, 5.41) is 0. The van der Waals surface area contributed by atoms with Crippen LogP contribution in [0, 0.1) is 0 Å². The van der Waals surface area contributed by atoms with Gasteiger partial charge in [-0.3, -0.25) is 9.97 Å². The predicted octanol–water partition coefficient (Wildman–Crippen LogP) is 2.22. The van der Waals surface area contributed by atoms with E-state index in [1.54, 1.807) is 12.1 Å². The van der Waals surface area contributed by atoms with Crippen LogP contribution in [-0.2, 0) is 0 Å². The van der Waals surface area contributed by atoms with E-state index in [1.807, 2.05) is 24.3 Å². The first kappa shape index (κ1) is 10.9. The Morgan fingerprint density at radius 1 is 0.700 bits per heavy atom. The largest absolute Gasteiger partial charge is 0.417 e. The maximum absolute atomic E-state index is 11.1. The van der Waals surface area contributed by atoms with Gasteiger partial charge in [-0.15, -0.1) is 0 Å². The van der Waals surface area contributed by atoms with Gasteiger partial charge in [0.05, 0.1) is 11.0 Å². The molecule has 0 atom stereocenters. The molecule has 4 rings (SSSR count). The van der Waals surface area contributed by atoms with Gasteiger partial charge in [0.15, 0.2) is 11.2 Å². The molecule has 0 saturated heterocycles. The maximum Gasteiger partial charge on any atom is 0.417 e. The van der Waals surface area contributed by atoms with Gasteiger partial charge in [0.2, 0.25) is 0 Å². The van der Waals surface area contributed by atoms with Crippen molar-refractivity contribution in [2.75, 3.05) is 0 Å². The van der Waals surface area contributed by atoms with Crippen LogP contribution in [0.3, 0.4) is 0 Å². The summed E-state index contributed by atoms with van der Waals surface area (Å²) in [7, 11) is 0. The fourth-order valence-corrected chi connectivity index (χ4v) is 2.26. The zero-order valence-corrected chi connectivity index (χ0v) is 10.1. The second kappa shape index (κ2) is 3.74. The lowest BCUT2D eigenvalue weighted by molar-refractivity contribution is 0.555. The van der Waals surface area contributed by atoms with E-state index in [4.69, 9.17) is 8.83 Å². The highest BCUT2D eigenvalue weighted by atomic mass is 16.4.